The van der Waals surface area contributed by atoms with Gasteiger partial charge < -0.3 is 15.4 Å². The summed E-state index contributed by atoms with van der Waals surface area (Å²) in [5.41, 5.74) is 6.20. The molecule has 0 radical (unpaired) electrons. The summed E-state index contributed by atoms with van der Waals surface area (Å²) < 4.78 is 8.12. The van der Waals surface area contributed by atoms with E-state index in [0.29, 0.717) is 23.4 Å². The van der Waals surface area contributed by atoms with Crippen LogP contribution < -0.4 is 5.73 Å². The van der Waals surface area contributed by atoms with Crippen molar-refractivity contribution in [3.8, 4) is 0 Å². The van der Waals surface area contributed by atoms with Gasteiger partial charge in [-0.2, -0.15) is 0 Å². The molecule has 1 atom stereocenters. The third-order valence-corrected chi connectivity index (χ3v) is 4.59. The Morgan fingerprint density at radius 1 is 1.50 bits per heavy atom. The molecule has 0 saturated carbocycles. The molecular formula is C16H22BrN5O2. The number of anilines is 1. The summed E-state index contributed by atoms with van der Waals surface area (Å²) >= 11 is 3.44. The van der Waals surface area contributed by atoms with Crippen molar-refractivity contribution < 1.29 is 9.53 Å². The highest BCUT2D eigenvalue weighted by atomic mass is 79.9. The lowest BCUT2D eigenvalue weighted by Crippen LogP contribution is -2.40. The highest BCUT2D eigenvalue weighted by Gasteiger charge is 2.33. The zero-order valence-electron chi connectivity index (χ0n) is 14.1. The maximum absolute atomic E-state index is 12.4. The predicted molar refractivity (Wildman–Crippen MR) is 94.8 cm³/mol. The largest absolute Gasteiger partial charge is 0.444 e. The van der Waals surface area contributed by atoms with E-state index in [4.69, 9.17) is 10.5 Å². The van der Waals surface area contributed by atoms with Crippen molar-refractivity contribution in [2.24, 2.45) is 0 Å². The summed E-state index contributed by atoms with van der Waals surface area (Å²) in [5.74, 6) is 1.28. The molecule has 130 valence electrons. The van der Waals surface area contributed by atoms with Gasteiger partial charge in [0.1, 0.15) is 21.5 Å². The molecule has 1 saturated heterocycles. The number of hydrogen-bond donors (Lipinski definition) is 1. The number of hydrogen-bond acceptors (Lipinski definition) is 5. The molecule has 8 heteroatoms. The van der Waals surface area contributed by atoms with Crippen LogP contribution in [-0.2, 0) is 11.2 Å². The maximum atomic E-state index is 12.4. The first-order valence-electron chi connectivity index (χ1n) is 8.03. The first-order chi connectivity index (χ1) is 11.3. The number of likely N-dealkylation sites (tertiary alicyclic amines) is 1. The zero-order valence-corrected chi connectivity index (χ0v) is 15.7. The summed E-state index contributed by atoms with van der Waals surface area (Å²) in [5, 5.41) is 0. The Balaban J connectivity index is 1.83. The number of fused-ring (bicyclic) bond motifs is 1. The number of aromatic nitrogens is 3. The van der Waals surface area contributed by atoms with Crippen LogP contribution in [-0.4, -0.2) is 43.5 Å². The lowest BCUT2D eigenvalue weighted by molar-refractivity contribution is 0.0225. The number of ether oxygens (including phenoxy) is 1. The van der Waals surface area contributed by atoms with E-state index < -0.39 is 5.60 Å². The molecule has 3 rings (SSSR count). The minimum atomic E-state index is -0.493. The molecule has 7 nitrogen and oxygen atoms in total. The molecule has 1 aliphatic heterocycles. The number of nitrogens with two attached hydrogens (primary N) is 1. The van der Waals surface area contributed by atoms with E-state index in [2.05, 4.69) is 25.9 Å². The van der Waals surface area contributed by atoms with Gasteiger partial charge in [-0.3, -0.25) is 4.40 Å². The van der Waals surface area contributed by atoms with Gasteiger partial charge in [-0.1, -0.05) is 0 Å². The molecule has 1 unspecified atom stereocenters. The van der Waals surface area contributed by atoms with E-state index in [1.165, 1.54) is 0 Å². The molecule has 24 heavy (non-hydrogen) atoms. The van der Waals surface area contributed by atoms with Crippen molar-refractivity contribution in [3.05, 3.63) is 22.8 Å². The third-order valence-electron chi connectivity index (χ3n) is 4.04. The molecule has 0 spiro atoms. The topological polar surface area (TPSA) is 85.8 Å². The van der Waals surface area contributed by atoms with Gasteiger partial charge in [0.2, 0.25) is 0 Å². The van der Waals surface area contributed by atoms with Crippen LogP contribution in [0.1, 0.15) is 39.4 Å². The first kappa shape index (κ1) is 17.0. The molecule has 1 aliphatic rings. The van der Waals surface area contributed by atoms with Crippen LogP contribution in [0.5, 0.6) is 0 Å². The van der Waals surface area contributed by atoms with Gasteiger partial charge in [-0.15, -0.1) is 0 Å². The second-order valence-electron chi connectivity index (χ2n) is 7.02. The van der Waals surface area contributed by atoms with Crippen LogP contribution in [0.15, 0.2) is 17.0 Å². The summed E-state index contributed by atoms with van der Waals surface area (Å²) in [4.78, 5) is 22.9. The zero-order chi connectivity index (χ0) is 17.5. The monoisotopic (exact) mass is 395 g/mol. The van der Waals surface area contributed by atoms with Gasteiger partial charge >= 0.3 is 6.09 Å². The van der Waals surface area contributed by atoms with Gasteiger partial charge in [-0.25, -0.2) is 14.8 Å². The highest BCUT2D eigenvalue weighted by Crippen LogP contribution is 2.27. The second kappa shape index (κ2) is 6.23. The lowest BCUT2D eigenvalue weighted by atomic mass is 10.1. The van der Waals surface area contributed by atoms with Crippen LogP contribution in [0, 0.1) is 0 Å². The Morgan fingerprint density at radius 3 is 2.96 bits per heavy atom. The van der Waals surface area contributed by atoms with Gasteiger partial charge in [0.25, 0.3) is 0 Å². The van der Waals surface area contributed by atoms with Gasteiger partial charge in [0.05, 0.1) is 0 Å². The average molecular weight is 396 g/mol. The van der Waals surface area contributed by atoms with Crippen molar-refractivity contribution in [2.45, 2.75) is 51.7 Å². The van der Waals surface area contributed by atoms with Gasteiger partial charge in [0.15, 0.2) is 5.82 Å². The van der Waals surface area contributed by atoms with Crippen molar-refractivity contribution in [1.82, 2.24) is 19.3 Å². The molecule has 1 fully saturated rings. The number of carbonyl (C=O) groups is 1. The highest BCUT2D eigenvalue weighted by molar-refractivity contribution is 9.10. The standard InChI is InChI=1S/C16H22BrN5O2/c1-16(2,3)24-15(23)21-7-4-5-10(21)9-11-20-13(17)12-14(18)19-6-8-22(11)12/h6,8,10H,4-5,7,9H2,1-3H3,(H2,18,19). The number of imidazole rings is 1. The number of halogens is 1. The number of nitrogen functional groups attached to an aromatic ring is 1. The Labute approximate surface area is 149 Å². The summed E-state index contributed by atoms with van der Waals surface area (Å²) in [6, 6.07) is 0.0757. The Bertz CT molecular complexity index is 768. The van der Waals surface area contributed by atoms with E-state index in [1.54, 1.807) is 6.20 Å². The number of nitrogens with zero attached hydrogens (tertiary/aromatic N) is 4. The summed E-state index contributed by atoms with van der Waals surface area (Å²) in [7, 11) is 0. The Hall–Kier alpha value is -1.83. The molecule has 2 N–H and O–H groups in total. The van der Waals surface area contributed by atoms with E-state index in [1.807, 2.05) is 36.3 Å². The predicted octanol–water partition coefficient (Wildman–Crippen LogP) is 3.02. The lowest BCUT2D eigenvalue weighted by Gasteiger charge is -2.28. The van der Waals surface area contributed by atoms with Gasteiger partial charge in [0, 0.05) is 31.4 Å². The van der Waals surface area contributed by atoms with Gasteiger partial charge in [-0.05, 0) is 49.5 Å². The van der Waals surface area contributed by atoms with Crippen LogP contribution in [0.2, 0.25) is 0 Å². The van der Waals surface area contributed by atoms with Crippen LogP contribution in [0.4, 0.5) is 10.6 Å². The fourth-order valence-corrected chi connectivity index (χ4v) is 3.64. The Morgan fingerprint density at radius 2 is 2.25 bits per heavy atom. The van der Waals surface area contributed by atoms with Crippen molar-refractivity contribution in [3.63, 3.8) is 0 Å². The third kappa shape index (κ3) is 3.33. The summed E-state index contributed by atoms with van der Waals surface area (Å²) in [6.07, 6.45) is 5.79. The van der Waals surface area contributed by atoms with Crippen molar-refractivity contribution in [2.75, 3.05) is 12.3 Å². The summed E-state index contributed by atoms with van der Waals surface area (Å²) in [6.45, 7) is 6.36. The molecular weight excluding hydrogens is 374 g/mol. The molecule has 2 aromatic heterocycles. The fraction of sp³-hybridized carbons (Fsp3) is 0.562. The number of amides is 1. The minimum Gasteiger partial charge on any atom is -0.444 e. The van der Waals surface area contributed by atoms with Crippen molar-refractivity contribution >= 4 is 33.4 Å². The van der Waals surface area contributed by atoms with E-state index in [0.717, 1.165) is 24.2 Å². The van der Waals surface area contributed by atoms with E-state index in [9.17, 15) is 4.79 Å². The van der Waals surface area contributed by atoms with Crippen LogP contribution >= 0.6 is 15.9 Å². The van der Waals surface area contributed by atoms with Crippen molar-refractivity contribution in [1.29, 1.82) is 0 Å². The van der Waals surface area contributed by atoms with Crippen LogP contribution in [0.3, 0.4) is 0 Å². The molecule has 0 bridgehead atoms. The SMILES string of the molecule is CC(C)(C)OC(=O)N1CCCC1Cc1nc(Br)c2c(N)nccn12. The van der Waals surface area contributed by atoms with E-state index in [-0.39, 0.29) is 12.1 Å². The molecule has 3 heterocycles. The minimum absolute atomic E-state index is 0.0757. The smallest absolute Gasteiger partial charge is 0.410 e. The molecule has 0 aliphatic carbocycles. The number of rotatable bonds is 2. The Kier molecular flexibility index (Phi) is 4.42. The maximum Gasteiger partial charge on any atom is 0.410 e. The van der Waals surface area contributed by atoms with E-state index >= 15 is 0 Å². The average Bonchev–Trinajstić information content (AvgIpc) is 3.04. The quantitative estimate of drug-likeness (QED) is 0.844. The molecule has 1 amide bonds. The second-order valence-corrected chi connectivity index (χ2v) is 7.77. The molecule has 0 aromatic carbocycles. The van der Waals surface area contributed by atoms with Crippen LogP contribution in [0.25, 0.3) is 5.52 Å². The molecule has 2 aromatic rings. The normalized spacial score (nSPS) is 18.3. The fourth-order valence-electron chi connectivity index (χ4n) is 3.04. The number of carbonyl (C=O) groups excluding carboxylic acids is 1. The first-order valence-corrected chi connectivity index (χ1v) is 8.82.